The van der Waals surface area contributed by atoms with Crippen LogP contribution in [0.2, 0.25) is 0 Å². The molecule has 0 saturated carbocycles. The molecule has 5 nitrogen and oxygen atoms in total. The Morgan fingerprint density at radius 1 is 1.44 bits per heavy atom. The topological polar surface area (TPSA) is 65.1 Å². The summed E-state index contributed by atoms with van der Waals surface area (Å²) in [5.74, 6) is 0.769. The first kappa shape index (κ1) is 19.7. The lowest BCUT2D eigenvalue weighted by Crippen LogP contribution is -2.08. The smallest absolute Gasteiger partial charge is 0.171 e. The number of halogens is 2. The van der Waals surface area contributed by atoms with Gasteiger partial charge in [-0.2, -0.15) is 5.10 Å². The summed E-state index contributed by atoms with van der Waals surface area (Å²) in [5.41, 5.74) is 6.54. The number of anilines is 2. The average molecular weight is 299 g/mol. The van der Waals surface area contributed by atoms with Crippen molar-refractivity contribution in [2.24, 2.45) is 0 Å². The summed E-state index contributed by atoms with van der Waals surface area (Å²) in [7, 11) is 0. The van der Waals surface area contributed by atoms with Crippen LogP contribution in [0.25, 0.3) is 0 Å². The first-order chi connectivity index (χ1) is 7.65. The van der Waals surface area contributed by atoms with Gasteiger partial charge in [-0.3, -0.25) is 4.68 Å². The van der Waals surface area contributed by atoms with Crippen LogP contribution in [0.5, 0.6) is 0 Å². The van der Waals surface area contributed by atoms with Gasteiger partial charge in [0.2, 0.25) is 0 Å². The Morgan fingerprint density at radius 2 is 2.11 bits per heavy atom. The van der Waals surface area contributed by atoms with Gasteiger partial charge in [0.15, 0.2) is 5.82 Å². The molecule has 0 aliphatic heterocycles. The van der Waals surface area contributed by atoms with Crippen molar-refractivity contribution < 1.29 is 4.74 Å². The van der Waals surface area contributed by atoms with E-state index in [4.69, 9.17) is 10.5 Å². The Balaban J connectivity index is 0. The van der Waals surface area contributed by atoms with Crippen molar-refractivity contribution in [1.29, 1.82) is 0 Å². The second-order valence-electron chi connectivity index (χ2n) is 3.98. The zero-order valence-electron chi connectivity index (χ0n) is 11.2. The van der Waals surface area contributed by atoms with Crippen LogP contribution in [-0.2, 0) is 4.74 Å². The van der Waals surface area contributed by atoms with Gasteiger partial charge in [-0.1, -0.05) is 0 Å². The lowest BCUT2D eigenvalue weighted by atomic mass is 10.4. The summed E-state index contributed by atoms with van der Waals surface area (Å²) in [6.45, 7) is 8.52. The maximum atomic E-state index is 5.84. The molecule has 3 N–H and O–H groups in total. The summed E-state index contributed by atoms with van der Waals surface area (Å²) in [4.78, 5) is 0. The van der Waals surface area contributed by atoms with Gasteiger partial charge in [-0.25, -0.2) is 0 Å². The van der Waals surface area contributed by atoms with Crippen LogP contribution >= 0.6 is 24.8 Å². The molecular weight excluding hydrogens is 275 g/mol. The number of nitrogens with one attached hydrogen (secondary N) is 1. The number of rotatable bonds is 7. The molecule has 0 spiro atoms. The van der Waals surface area contributed by atoms with Crippen molar-refractivity contribution in [3.8, 4) is 0 Å². The molecule has 0 radical (unpaired) electrons. The molecule has 7 heteroatoms. The molecule has 0 fully saturated rings. The Kier molecular flexibility index (Phi) is 11.3. The van der Waals surface area contributed by atoms with Crippen molar-refractivity contribution in [3.05, 3.63) is 6.20 Å². The van der Waals surface area contributed by atoms with E-state index < -0.39 is 0 Å². The molecule has 0 unspecified atom stereocenters. The summed E-state index contributed by atoms with van der Waals surface area (Å²) >= 11 is 0. The highest BCUT2D eigenvalue weighted by atomic mass is 35.5. The van der Waals surface area contributed by atoms with E-state index in [9.17, 15) is 0 Å². The number of aromatic nitrogens is 2. The molecule has 0 amide bonds. The Bertz CT molecular complexity index is 318. The minimum absolute atomic E-state index is 0. The fourth-order valence-corrected chi connectivity index (χ4v) is 1.33. The van der Waals surface area contributed by atoms with Gasteiger partial charge in [0.25, 0.3) is 0 Å². The van der Waals surface area contributed by atoms with Crippen LogP contribution in [0.4, 0.5) is 11.5 Å². The van der Waals surface area contributed by atoms with E-state index in [1.165, 1.54) is 0 Å². The summed E-state index contributed by atoms with van der Waals surface area (Å²) in [6.07, 6.45) is 2.82. The highest BCUT2D eigenvalue weighted by Crippen LogP contribution is 2.17. The van der Waals surface area contributed by atoms with Crippen LogP contribution in [0.3, 0.4) is 0 Å². The highest BCUT2D eigenvalue weighted by molar-refractivity contribution is 5.85. The molecular formula is C11H24Cl2N4O. The SMILES string of the molecule is CCOCCCNc1nn(C(C)C)cc1N.Cl.Cl. The third-order valence-corrected chi connectivity index (χ3v) is 2.25. The first-order valence-electron chi connectivity index (χ1n) is 5.81. The molecule has 0 aliphatic rings. The van der Waals surface area contributed by atoms with Crippen molar-refractivity contribution in [1.82, 2.24) is 9.78 Å². The lowest BCUT2D eigenvalue weighted by molar-refractivity contribution is 0.147. The van der Waals surface area contributed by atoms with Gasteiger partial charge in [0, 0.05) is 25.8 Å². The molecule has 1 heterocycles. The average Bonchev–Trinajstić information content (AvgIpc) is 2.60. The van der Waals surface area contributed by atoms with Crippen molar-refractivity contribution >= 4 is 36.3 Å². The quantitative estimate of drug-likeness (QED) is 0.760. The molecule has 0 atom stereocenters. The molecule has 18 heavy (non-hydrogen) atoms. The summed E-state index contributed by atoms with van der Waals surface area (Å²) in [6, 6.07) is 0.335. The van der Waals surface area contributed by atoms with Crippen LogP contribution < -0.4 is 11.1 Å². The summed E-state index contributed by atoms with van der Waals surface area (Å²) in [5, 5.41) is 7.58. The second-order valence-corrected chi connectivity index (χ2v) is 3.98. The predicted octanol–water partition coefficient (Wildman–Crippen LogP) is 2.73. The molecule has 108 valence electrons. The van der Waals surface area contributed by atoms with E-state index >= 15 is 0 Å². The third kappa shape index (κ3) is 6.33. The van der Waals surface area contributed by atoms with Crippen LogP contribution in [-0.4, -0.2) is 29.5 Å². The molecule has 1 rings (SSSR count). The number of nitrogens with zero attached hydrogens (tertiary/aromatic N) is 2. The van der Waals surface area contributed by atoms with Crippen LogP contribution in [0.1, 0.15) is 33.2 Å². The first-order valence-corrected chi connectivity index (χ1v) is 5.81. The molecule has 0 aliphatic carbocycles. The van der Waals surface area contributed by atoms with Crippen molar-refractivity contribution in [2.75, 3.05) is 30.8 Å². The number of nitrogens with two attached hydrogens (primary N) is 1. The number of hydrogen-bond acceptors (Lipinski definition) is 4. The minimum atomic E-state index is 0. The van der Waals surface area contributed by atoms with Gasteiger partial charge in [-0.15, -0.1) is 24.8 Å². The minimum Gasteiger partial charge on any atom is -0.394 e. The van der Waals surface area contributed by atoms with E-state index in [0.29, 0.717) is 11.7 Å². The maximum absolute atomic E-state index is 5.84. The zero-order chi connectivity index (χ0) is 12.0. The van der Waals surface area contributed by atoms with Crippen LogP contribution in [0, 0.1) is 0 Å². The predicted molar refractivity (Wildman–Crippen MR) is 81.1 cm³/mol. The molecule has 0 aromatic carbocycles. The van der Waals surface area contributed by atoms with E-state index in [-0.39, 0.29) is 24.8 Å². The standard InChI is InChI=1S/C11H22N4O.2ClH/c1-4-16-7-5-6-13-11-10(12)8-15(14-11)9(2)3;;/h8-9H,4-7,12H2,1-3H3,(H,13,14);2*1H. The van der Waals surface area contributed by atoms with Crippen molar-refractivity contribution in [2.45, 2.75) is 33.2 Å². The Morgan fingerprint density at radius 3 is 2.61 bits per heavy atom. The maximum Gasteiger partial charge on any atom is 0.171 e. The monoisotopic (exact) mass is 298 g/mol. The third-order valence-electron chi connectivity index (χ3n) is 2.25. The second kappa shape index (κ2) is 10.3. The number of hydrogen-bond donors (Lipinski definition) is 2. The van der Waals surface area contributed by atoms with Gasteiger partial charge in [0.05, 0.1) is 11.9 Å². The number of ether oxygens (including phenoxy) is 1. The van der Waals surface area contributed by atoms with Crippen LogP contribution in [0.15, 0.2) is 6.20 Å². The van der Waals surface area contributed by atoms with Gasteiger partial charge >= 0.3 is 0 Å². The van der Waals surface area contributed by atoms with E-state index in [0.717, 1.165) is 32.0 Å². The molecule has 1 aromatic rings. The largest absolute Gasteiger partial charge is 0.394 e. The molecule has 1 aromatic heterocycles. The number of nitrogen functional groups attached to an aromatic ring is 1. The van der Waals surface area contributed by atoms with E-state index in [2.05, 4.69) is 24.3 Å². The van der Waals surface area contributed by atoms with Gasteiger partial charge in [-0.05, 0) is 27.2 Å². The lowest BCUT2D eigenvalue weighted by Gasteiger charge is -2.05. The fourth-order valence-electron chi connectivity index (χ4n) is 1.33. The van der Waals surface area contributed by atoms with Gasteiger partial charge in [0.1, 0.15) is 0 Å². The van der Waals surface area contributed by atoms with Crippen molar-refractivity contribution in [3.63, 3.8) is 0 Å². The Hall–Kier alpha value is -0.650. The van der Waals surface area contributed by atoms with E-state index in [1.54, 1.807) is 0 Å². The fraction of sp³-hybridized carbons (Fsp3) is 0.727. The highest BCUT2D eigenvalue weighted by Gasteiger charge is 2.06. The van der Waals surface area contributed by atoms with Gasteiger partial charge < -0.3 is 15.8 Å². The molecule has 0 saturated heterocycles. The van der Waals surface area contributed by atoms with E-state index in [1.807, 2.05) is 17.8 Å². The summed E-state index contributed by atoms with van der Waals surface area (Å²) < 4.78 is 7.11. The molecule has 0 bridgehead atoms. The zero-order valence-corrected chi connectivity index (χ0v) is 12.8. The Labute approximate surface area is 121 Å². The normalized spacial score (nSPS) is 9.78.